The van der Waals surface area contributed by atoms with Gasteiger partial charge in [0.05, 0.1) is 0 Å². The molecule has 3 aromatic rings. The molecule has 0 spiro atoms. The normalized spacial score (nSPS) is 11.7. The van der Waals surface area contributed by atoms with Crippen LogP contribution in [-0.2, 0) is 13.5 Å². The van der Waals surface area contributed by atoms with Crippen molar-refractivity contribution < 1.29 is 9.59 Å². The number of benzene rings is 1. The van der Waals surface area contributed by atoms with Crippen LogP contribution in [0.25, 0.3) is 0 Å². The number of likely N-dealkylation sites (N-methyl/N-ethyl adjacent to an activating group) is 1. The number of amides is 2. The van der Waals surface area contributed by atoms with Crippen molar-refractivity contribution in [1.82, 2.24) is 19.8 Å². The molecule has 0 aliphatic carbocycles. The summed E-state index contributed by atoms with van der Waals surface area (Å²) in [6, 6.07) is 16.4. The lowest BCUT2D eigenvalue weighted by Gasteiger charge is -2.29. The highest BCUT2D eigenvalue weighted by Gasteiger charge is 2.23. The number of pyridine rings is 1. The van der Waals surface area contributed by atoms with Gasteiger partial charge in [-0.2, -0.15) is 0 Å². The van der Waals surface area contributed by atoms with Crippen LogP contribution in [0, 0.1) is 0 Å². The SMILES string of the molecule is CN(C(=O)c1cc(Cl)nc(Cl)c1)C(CCNC(=O)c1cccn1C)Cc1ccccc1. The molecule has 0 fully saturated rings. The van der Waals surface area contributed by atoms with Crippen LogP contribution in [0.2, 0.25) is 10.3 Å². The minimum absolute atomic E-state index is 0.144. The van der Waals surface area contributed by atoms with E-state index < -0.39 is 0 Å². The fourth-order valence-electron chi connectivity index (χ4n) is 3.42. The average molecular weight is 459 g/mol. The van der Waals surface area contributed by atoms with Crippen molar-refractivity contribution >= 4 is 35.0 Å². The van der Waals surface area contributed by atoms with Gasteiger partial charge in [-0.15, -0.1) is 0 Å². The standard InChI is InChI=1S/C23H24Cl2N4O2/c1-28-12-6-9-19(28)22(30)26-11-10-18(13-16-7-4-3-5-8-16)29(2)23(31)17-14-20(24)27-21(25)15-17/h3-9,12,14-15,18H,10-11,13H2,1-2H3,(H,26,30). The molecule has 8 heteroatoms. The number of aryl methyl sites for hydroxylation is 1. The van der Waals surface area contributed by atoms with Crippen LogP contribution in [0.4, 0.5) is 0 Å². The highest BCUT2D eigenvalue weighted by atomic mass is 35.5. The monoisotopic (exact) mass is 458 g/mol. The van der Waals surface area contributed by atoms with Crippen LogP contribution in [0.3, 0.4) is 0 Å². The Morgan fingerprint density at radius 2 is 1.77 bits per heavy atom. The maximum Gasteiger partial charge on any atom is 0.267 e. The van der Waals surface area contributed by atoms with Crippen molar-refractivity contribution in [3.63, 3.8) is 0 Å². The molecular weight excluding hydrogens is 435 g/mol. The summed E-state index contributed by atoms with van der Waals surface area (Å²) in [5.74, 6) is -0.353. The number of halogens is 2. The van der Waals surface area contributed by atoms with Crippen molar-refractivity contribution in [3.05, 3.63) is 87.9 Å². The van der Waals surface area contributed by atoms with Gasteiger partial charge in [-0.3, -0.25) is 9.59 Å². The van der Waals surface area contributed by atoms with Gasteiger partial charge in [0.1, 0.15) is 16.0 Å². The van der Waals surface area contributed by atoms with Gasteiger partial charge in [0, 0.05) is 38.4 Å². The predicted molar refractivity (Wildman–Crippen MR) is 123 cm³/mol. The van der Waals surface area contributed by atoms with E-state index in [1.807, 2.05) is 49.6 Å². The Hall–Kier alpha value is -2.83. The third kappa shape index (κ3) is 6.09. The molecule has 2 aromatic heterocycles. The Labute approximate surface area is 191 Å². The van der Waals surface area contributed by atoms with E-state index in [9.17, 15) is 9.59 Å². The van der Waals surface area contributed by atoms with Gasteiger partial charge < -0.3 is 14.8 Å². The zero-order valence-electron chi connectivity index (χ0n) is 17.4. The molecule has 0 saturated heterocycles. The summed E-state index contributed by atoms with van der Waals surface area (Å²) in [6.07, 6.45) is 3.06. The fraction of sp³-hybridized carbons (Fsp3) is 0.261. The molecule has 31 heavy (non-hydrogen) atoms. The van der Waals surface area contributed by atoms with Gasteiger partial charge in [-0.05, 0) is 42.7 Å². The van der Waals surface area contributed by atoms with Crippen molar-refractivity contribution in [1.29, 1.82) is 0 Å². The molecule has 0 radical (unpaired) electrons. The van der Waals surface area contributed by atoms with Crippen LogP contribution in [0.1, 0.15) is 32.8 Å². The molecule has 0 bridgehead atoms. The zero-order valence-corrected chi connectivity index (χ0v) is 18.9. The second kappa shape index (κ2) is 10.5. The summed E-state index contributed by atoms with van der Waals surface area (Å²) in [5, 5.41) is 3.27. The maximum absolute atomic E-state index is 13.1. The largest absolute Gasteiger partial charge is 0.351 e. The Bertz CT molecular complexity index is 1030. The van der Waals surface area contributed by atoms with Crippen molar-refractivity contribution in [3.8, 4) is 0 Å². The smallest absolute Gasteiger partial charge is 0.267 e. The molecule has 1 unspecified atom stereocenters. The molecule has 6 nitrogen and oxygen atoms in total. The average Bonchev–Trinajstić information content (AvgIpc) is 3.18. The first-order chi connectivity index (χ1) is 14.8. The van der Waals surface area contributed by atoms with Gasteiger partial charge in [-0.25, -0.2) is 4.98 Å². The first-order valence-corrected chi connectivity index (χ1v) is 10.6. The van der Waals surface area contributed by atoms with Crippen LogP contribution < -0.4 is 5.32 Å². The second-order valence-electron chi connectivity index (χ2n) is 7.31. The molecule has 3 rings (SSSR count). The first kappa shape index (κ1) is 22.8. The van der Waals surface area contributed by atoms with Gasteiger partial charge in [0.15, 0.2) is 0 Å². The highest BCUT2D eigenvalue weighted by molar-refractivity contribution is 6.33. The van der Waals surface area contributed by atoms with Crippen LogP contribution in [0.5, 0.6) is 0 Å². The summed E-state index contributed by atoms with van der Waals surface area (Å²) in [4.78, 5) is 31.1. The van der Waals surface area contributed by atoms with E-state index in [4.69, 9.17) is 23.2 Å². The van der Waals surface area contributed by atoms with Gasteiger partial charge in [0.25, 0.3) is 11.8 Å². The lowest BCUT2D eigenvalue weighted by atomic mass is 10.0. The highest BCUT2D eigenvalue weighted by Crippen LogP contribution is 2.19. The predicted octanol–water partition coefficient (Wildman–Crippen LogP) is 4.23. The van der Waals surface area contributed by atoms with Crippen molar-refractivity contribution in [2.24, 2.45) is 7.05 Å². The number of nitrogens with zero attached hydrogens (tertiary/aromatic N) is 3. The summed E-state index contributed by atoms with van der Waals surface area (Å²) < 4.78 is 1.77. The van der Waals surface area contributed by atoms with E-state index in [-0.39, 0.29) is 28.2 Å². The van der Waals surface area contributed by atoms with E-state index in [1.54, 1.807) is 22.6 Å². The third-order valence-corrected chi connectivity index (χ3v) is 5.52. The molecule has 2 heterocycles. The van der Waals surface area contributed by atoms with Gasteiger partial charge in [-0.1, -0.05) is 53.5 Å². The number of hydrogen-bond acceptors (Lipinski definition) is 3. The van der Waals surface area contributed by atoms with E-state index in [1.165, 1.54) is 12.1 Å². The van der Waals surface area contributed by atoms with Gasteiger partial charge >= 0.3 is 0 Å². The number of hydrogen-bond donors (Lipinski definition) is 1. The van der Waals surface area contributed by atoms with E-state index in [0.29, 0.717) is 30.6 Å². The Kier molecular flexibility index (Phi) is 7.71. The molecule has 1 atom stereocenters. The van der Waals surface area contributed by atoms with Crippen LogP contribution in [0.15, 0.2) is 60.8 Å². The van der Waals surface area contributed by atoms with E-state index in [2.05, 4.69) is 10.3 Å². The minimum Gasteiger partial charge on any atom is -0.351 e. The van der Waals surface area contributed by atoms with Crippen molar-refractivity contribution in [2.45, 2.75) is 18.9 Å². The molecule has 1 N–H and O–H groups in total. The first-order valence-electron chi connectivity index (χ1n) is 9.89. The van der Waals surface area contributed by atoms with E-state index >= 15 is 0 Å². The van der Waals surface area contributed by atoms with Crippen LogP contribution in [-0.4, -0.2) is 45.9 Å². The summed E-state index contributed by atoms with van der Waals surface area (Å²) in [6.45, 7) is 0.428. The van der Waals surface area contributed by atoms with Crippen molar-refractivity contribution in [2.75, 3.05) is 13.6 Å². The second-order valence-corrected chi connectivity index (χ2v) is 8.08. The molecule has 0 aliphatic rings. The fourth-order valence-corrected chi connectivity index (χ4v) is 3.88. The molecule has 0 saturated carbocycles. The molecule has 162 valence electrons. The summed E-state index contributed by atoms with van der Waals surface area (Å²) in [7, 11) is 3.57. The van der Waals surface area contributed by atoms with E-state index in [0.717, 1.165) is 5.56 Å². The molecular formula is C23H24Cl2N4O2. The lowest BCUT2D eigenvalue weighted by Crippen LogP contribution is -2.41. The van der Waals surface area contributed by atoms with Crippen LogP contribution >= 0.6 is 23.2 Å². The maximum atomic E-state index is 13.1. The molecule has 0 aliphatic heterocycles. The Morgan fingerprint density at radius 1 is 1.10 bits per heavy atom. The zero-order chi connectivity index (χ0) is 22.4. The van der Waals surface area contributed by atoms with Gasteiger partial charge in [0.2, 0.25) is 0 Å². The Balaban J connectivity index is 1.73. The molecule has 2 amide bonds. The number of rotatable bonds is 8. The summed E-state index contributed by atoms with van der Waals surface area (Å²) >= 11 is 11.9. The lowest BCUT2D eigenvalue weighted by molar-refractivity contribution is 0.0722. The topological polar surface area (TPSA) is 67.2 Å². The number of aromatic nitrogens is 2. The third-order valence-electron chi connectivity index (χ3n) is 5.13. The quantitative estimate of drug-likeness (QED) is 0.513. The number of carbonyl (C=O) groups excluding carboxylic acids is 2. The minimum atomic E-state index is -0.208. The number of nitrogens with one attached hydrogen (secondary N) is 1. The number of carbonyl (C=O) groups is 2. The summed E-state index contributed by atoms with van der Waals surface area (Å²) in [5.41, 5.74) is 2.07. The Morgan fingerprint density at radius 3 is 2.39 bits per heavy atom. The molecule has 1 aromatic carbocycles.